The standard InChI is InChI=1S/C9H10ClN5O/c10-8-7(11)9(16)14(6-12-8)4-5-15-3-1-2-13-15/h1-3,6H,4-5,11H2. The minimum absolute atomic E-state index is 0.0235. The molecule has 0 aliphatic carbocycles. The van der Waals surface area contributed by atoms with Crippen molar-refractivity contribution in [3.63, 3.8) is 0 Å². The summed E-state index contributed by atoms with van der Waals surface area (Å²) in [6.07, 6.45) is 4.87. The minimum atomic E-state index is -0.327. The second kappa shape index (κ2) is 4.36. The number of aryl methyl sites for hydroxylation is 2. The normalized spacial score (nSPS) is 10.6. The van der Waals surface area contributed by atoms with Crippen LogP contribution in [0.1, 0.15) is 0 Å². The number of anilines is 1. The van der Waals surface area contributed by atoms with E-state index < -0.39 is 0 Å². The molecule has 0 aliphatic rings. The Morgan fingerprint density at radius 1 is 1.44 bits per heavy atom. The van der Waals surface area contributed by atoms with E-state index >= 15 is 0 Å². The summed E-state index contributed by atoms with van der Waals surface area (Å²) in [4.78, 5) is 15.4. The van der Waals surface area contributed by atoms with E-state index in [1.807, 2.05) is 12.3 Å². The SMILES string of the molecule is Nc1c(Cl)ncn(CCn2cccn2)c1=O. The summed E-state index contributed by atoms with van der Waals surface area (Å²) in [5, 5.41) is 4.07. The van der Waals surface area contributed by atoms with Crippen LogP contribution in [0.15, 0.2) is 29.6 Å². The van der Waals surface area contributed by atoms with Gasteiger partial charge < -0.3 is 5.73 Å². The number of hydrogen-bond donors (Lipinski definition) is 1. The molecule has 0 amide bonds. The Kier molecular flexibility index (Phi) is 2.91. The monoisotopic (exact) mass is 239 g/mol. The van der Waals surface area contributed by atoms with Crippen molar-refractivity contribution in [1.29, 1.82) is 0 Å². The molecule has 0 radical (unpaired) electrons. The van der Waals surface area contributed by atoms with E-state index in [2.05, 4.69) is 10.1 Å². The highest BCUT2D eigenvalue weighted by Gasteiger charge is 2.05. The molecule has 0 unspecified atom stereocenters. The van der Waals surface area contributed by atoms with Crippen LogP contribution in [0.2, 0.25) is 5.15 Å². The Bertz CT molecular complexity index is 533. The van der Waals surface area contributed by atoms with Crippen molar-refractivity contribution >= 4 is 17.3 Å². The maximum absolute atomic E-state index is 11.6. The predicted molar refractivity (Wildman–Crippen MR) is 60.1 cm³/mol. The highest BCUT2D eigenvalue weighted by atomic mass is 35.5. The Labute approximate surface area is 96.3 Å². The molecule has 0 saturated heterocycles. The Hall–Kier alpha value is -1.82. The zero-order chi connectivity index (χ0) is 11.5. The van der Waals surface area contributed by atoms with Crippen molar-refractivity contribution < 1.29 is 0 Å². The first-order valence-electron chi connectivity index (χ1n) is 4.66. The van der Waals surface area contributed by atoms with E-state index in [1.54, 1.807) is 10.9 Å². The second-order valence-corrected chi connectivity index (χ2v) is 3.57. The van der Waals surface area contributed by atoms with Gasteiger partial charge in [0.1, 0.15) is 5.69 Å². The van der Waals surface area contributed by atoms with E-state index in [4.69, 9.17) is 17.3 Å². The van der Waals surface area contributed by atoms with E-state index in [0.29, 0.717) is 13.1 Å². The number of nitrogens with two attached hydrogens (primary N) is 1. The van der Waals surface area contributed by atoms with Gasteiger partial charge >= 0.3 is 0 Å². The first-order valence-corrected chi connectivity index (χ1v) is 5.04. The average Bonchev–Trinajstić information content (AvgIpc) is 2.78. The molecule has 2 aromatic heterocycles. The van der Waals surface area contributed by atoms with Gasteiger partial charge in [0, 0.05) is 18.9 Å². The summed E-state index contributed by atoms with van der Waals surface area (Å²) in [7, 11) is 0. The lowest BCUT2D eigenvalue weighted by Crippen LogP contribution is -2.25. The molecule has 7 heteroatoms. The maximum atomic E-state index is 11.6. The lowest BCUT2D eigenvalue weighted by molar-refractivity contribution is 0.520. The van der Waals surface area contributed by atoms with Crippen molar-refractivity contribution in [2.75, 3.05) is 5.73 Å². The quantitative estimate of drug-likeness (QED) is 0.786. The van der Waals surface area contributed by atoms with Gasteiger partial charge in [-0.25, -0.2) is 4.98 Å². The topological polar surface area (TPSA) is 78.7 Å². The van der Waals surface area contributed by atoms with Gasteiger partial charge in [0.25, 0.3) is 5.56 Å². The summed E-state index contributed by atoms with van der Waals surface area (Å²) < 4.78 is 3.13. The fourth-order valence-corrected chi connectivity index (χ4v) is 1.41. The Morgan fingerprint density at radius 3 is 2.94 bits per heavy atom. The largest absolute Gasteiger partial charge is 0.392 e. The zero-order valence-electron chi connectivity index (χ0n) is 8.38. The van der Waals surface area contributed by atoms with E-state index in [0.717, 1.165) is 0 Å². The van der Waals surface area contributed by atoms with Gasteiger partial charge in [0.2, 0.25) is 0 Å². The molecule has 0 bridgehead atoms. The third kappa shape index (κ3) is 2.06. The number of rotatable bonds is 3. The first kappa shape index (κ1) is 10.7. The fourth-order valence-electron chi connectivity index (χ4n) is 1.29. The van der Waals surface area contributed by atoms with Gasteiger partial charge in [-0.1, -0.05) is 11.6 Å². The molecule has 2 rings (SSSR count). The van der Waals surface area contributed by atoms with Crippen molar-refractivity contribution in [2.45, 2.75) is 13.1 Å². The van der Waals surface area contributed by atoms with Crippen molar-refractivity contribution in [3.05, 3.63) is 40.3 Å². The summed E-state index contributed by atoms with van der Waals surface area (Å²) in [6, 6.07) is 1.82. The fraction of sp³-hybridized carbons (Fsp3) is 0.222. The van der Waals surface area contributed by atoms with Crippen LogP contribution < -0.4 is 11.3 Å². The summed E-state index contributed by atoms with van der Waals surface area (Å²) in [5.74, 6) is 0. The molecule has 2 N–H and O–H groups in total. The van der Waals surface area contributed by atoms with Crippen LogP contribution in [-0.4, -0.2) is 19.3 Å². The number of halogens is 1. The molecule has 84 valence electrons. The van der Waals surface area contributed by atoms with Gasteiger partial charge in [0.05, 0.1) is 12.9 Å². The van der Waals surface area contributed by atoms with Crippen molar-refractivity contribution in [2.24, 2.45) is 0 Å². The number of nitrogens with zero attached hydrogens (tertiary/aromatic N) is 4. The lowest BCUT2D eigenvalue weighted by Gasteiger charge is -2.06. The van der Waals surface area contributed by atoms with Crippen LogP contribution in [0.25, 0.3) is 0 Å². The third-order valence-electron chi connectivity index (χ3n) is 2.15. The van der Waals surface area contributed by atoms with Gasteiger partial charge in [-0.15, -0.1) is 0 Å². The van der Waals surface area contributed by atoms with Crippen LogP contribution in [0.5, 0.6) is 0 Å². The highest BCUT2D eigenvalue weighted by Crippen LogP contribution is 2.07. The highest BCUT2D eigenvalue weighted by molar-refractivity contribution is 6.31. The Morgan fingerprint density at radius 2 is 2.25 bits per heavy atom. The zero-order valence-corrected chi connectivity index (χ0v) is 9.13. The minimum Gasteiger partial charge on any atom is -0.392 e. The van der Waals surface area contributed by atoms with Crippen LogP contribution in [0.4, 0.5) is 5.69 Å². The molecular formula is C9H10ClN5O. The molecule has 0 spiro atoms. The second-order valence-electron chi connectivity index (χ2n) is 3.22. The van der Waals surface area contributed by atoms with Crippen LogP contribution in [0, 0.1) is 0 Å². The molecule has 16 heavy (non-hydrogen) atoms. The van der Waals surface area contributed by atoms with Crippen LogP contribution in [-0.2, 0) is 13.1 Å². The molecule has 0 fully saturated rings. The predicted octanol–water partition coefficient (Wildman–Crippen LogP) is 0.376. The van der Waals surface area contributed by atoms with Gasteiger partial charge in [-0.2, -0.15) is 5.10 Å². The molecule has 2 heterocycles. The third-order valence-corrected chi connectivity index (χ3v) is 2.45. The smallest absolute Gasteiger partial charge is 0.278 e. The van der Waals surface area contributed by atoms with E-state index in [1.165, 1.54) is 10.9 Å². The van der Waals surface area contributed by atoms with E-state index in [-0.39, 0.29) is 16.4 Å². The molecule has 0 aliphatic heterocycles. The summed E-state index contributed by atoms with van der Waals surface area (Å²) in [5.41, 5.74) is 5.13. The molecule has 0 aromatic carbocycles. The number of aromatic nitrogens is 4. The van der Waals surface area contributed by atoms with E-state index in [9.17, 15) is 4.79 Å². The van der Waals surface area contributed by atoms with Gasteiger partial charge in [0.15, 0.2) is 5.15 Å². The van der Waals surface area contributed by atoms with Crippen molar-refractivity contribution in [3.8, 4) is 0 Å². The van der Waals surface area contributed by atoms with Crippen molar-refractivity contribution in [1.82, 2.24) is 19.3 Å². The summed E-state index contributed by atoms with van der Waals surface area (Å²) in [6.45, 7) is 1.03. The number of nitrogen functional groups attached to an aromatic ring is 1. The summed E-state index contributed by atoms with van der Waals surface area (Å²) >= 11 is 5.62. The molecule has 2 aromatic rings. The van der Waals surface area contributed by atoms with Gasteiger partial charge in [-0.05, 0) is 6.07 Å². The molecule has 0 saturated carbocycles. The van der Waals surface area contributed by atoms with Crippen LogP contribution in [0.3, 0.4) is 0 Å². The molecule has 6 nitrogen and oxygen atoms in total. The van der Waals surface area contributed by atoms with Gasteiger partial charge in [-0.3, -0.25) is 14.0 Å². The molecular weight excluding hydrogens is 230 g/mol. The maximum Gasteiger partial charge on any atom is 0.278 e. The van der Waals surface area contributed by atoms with Crippen LogP contribution >= 0.6 is 11.6 Å². The number of hydrogen-bond acceptors (Lipinski definition) is 4. The molecule has 0 atom stereocenters. The Balaban J connectivity index is 2.17. The average molecular weight is 240 g/mol. The first-order chi connectivity index (χ1) is 7.68. The lowest BCUT2D eigenvalue weighted by atomic mass is 10.5.